The first kappa shape index (κ1) is 21.4. The van der Waals surface area contributed by atoms with Crippen molar-refractivity contribution in [3.05, 3.63) is 29.8 Å². The summed E-state index contributed by atoms with van der Waals surface area (Å²) < 4.78 is 5.63. The van der Waals surface area contributed by atoms with Gasteiger partial charge in [0.2, 0.25) is 11.8 Å². The highest BCUT2D eigenvalue weighted by Crippen LogP contribution is 2.40. The number of aromatic nitrogens is 1. The molecule has 1 aromatic heterocycles. The number of carbonyl (C=O) groups excluding carboxylic acids is 3. The number of ether oxygens (including phenoxy) is 1. The first-order valence-corrected chi connectivity index (χ1v) is 10.5. The largest absolute Gasteiger partial charge is 0.492 e. The number of nitrogen functional groups attached to an aromatic ring is 1. The smallest absolute Gasteiger partial charge is 0.256 e. The van der Waals surface area contributed by atoms with Crippen LogP contribution in [0.4, 0.5) is 28.7 Å². The van der Waals surface area contributed by atoms with Gasteiger partial charge in [-0.25, -0.2) is 4.98 Å². The molecule has 4 rings (SSSR count). The summed E-state index contributed by atoms with van der Waals surface area (Å²) in [7, 11) is 3.01. The molecule has 2 fully saturated rings. The molecule has 5 N–H and O–H groups in total. The van der Waals surface area contributed by atoms with Crippen LogP contribution < -0.4 is 31.3 Å². The number of hydrogen-bond acceptors (Lipinski definition) is 7. The summed E-state index contributed by atoms with van der Waals surface area (Å²) in [6.07, 6.45) is 2.97. The second-order valence-corrected chi connectivity index (χ2v) is 7.79. The molecule has 0 atom stereocenters. The van der Waals surface area contributed by atoms with E-state index in [1.54, 1.807) is 23.1 Å². The Morgan fingerprint density at radius 3 is 2.66 bits per heavy atom. The SMILES string of the molecule is CNC(=O)c1c(Nc2cccc(N3CCCC3=O)c2OC)cc(NC(=O)C2CC2)nc1N. The number of hydrogen-bond donors (Lipinski definition) is 4. The number of rotatable bonds is 7. The van der Waals surface area contributed by atoms with Crippen LogP contribution in [-0.4, -0.2) is 43.4 Å². The molecule has 0 unspecified atom stereocenters. The minimum atomic E-state index is -0.428. The molecule has 2 heterocycles. The number of anilines is 5. The fraction of sp³-hybridized carbons (Fsp3) is 0.364. The fourth-order valence-corrected chi connectivity index (χ4v) is 3.76. The van der Waals surface area contributed by atoms with Crippen LogP contribution in [0.3, 0.4) is 0 Å². The van der Waals surface area contributed by atoms with Crippen molar-refractivity contribution in [3.63, 3.8) is 0 Å². The average molecular weight is 438 g/mol. The van der Waals surface area contributed by atoms with E-state index in [4.69, 9.17) is 10.5 Å². The molecule has 10 nitrogen and oxygen atoms in total. The molecular weight excluding hydrogens is 412 g/mol. The van der Waals surface area contributed by atoms with E-state index < -0.39 is 5.91 Å². The second kappa shape index (κ2) is 8.74. The summed E-state index contributed by atoms with van der Waals surface area (Å²) in [6.45, 7) is 0.613. The number of para-hydroxylation sites is 1. The Morgan fingerprint density at radius 2 is 2.03 bits per heavy atom. The zero-order valence-corrected chi connectivity index (χ0v) is 18.0. The topological polar surface area (TPSA) is 139 Å². The number of nitrogens with two attached hydrogens (primary N) is 1. The molecule has 3 amide bonds. The number of benzene rings is 1. The molecule has 1 saturated carbocycles. The van der Waals surface area contributed by atoms with Crippen LogP contribution in [0.1, 0.15) is 36.0 Å². The molecule has 2 aliphatic rings. The predicted octanol–water partition coefficient (Wildman–Crippen LogP) is 2.25. The van der Waals surface area contributed by atoms with Gasteiger partial charge in [-0.15, -0.1) is 0 Å². The number of pyridine rings is 1. The molecule has 168 valence electrons. The van der Waals surface area contributed by atoms with Gasteiger partial charge in [0.1, 0.15) is 17.2 Å². The van der Waals surface area contributed by atoms with Crippen molar-refractivity contribution in [3.8, 4) is 5.75 Å². The van der Waals surface area contributed by atoms with E-state index in [2.05, 4.69) is 20.9 Å². The summed E-state index contributed by atoms with van der Waals surface area (Å²) in [5.41, 5.74) is 7.77. The molecule has 0 spiro atoms. The molecule has 1 aromatic carbocycles. The van der Waals surface area contributed by atoms with Gasteiger partial charge in [-0.3, -0.25) is 14.4 Å². The maximum Gasteiger partial charge on any atom is 0.256 e. The predicted molar refractivity (Wildman–Crippen MR) is 121 cm³/mol. The highest BCUT2D eigenvalue weighted by atomic mass is 16.5. The molecule has 1 aliphatic carbocycles. The third-order valence-corrected chi connectivity index (χ3v) is 5.53. The van der Waals surface area contributed by atoms with Gasteiger partial charge in [-0.1, -0.05) is 6.07 Å². The third kappa shape index (κ3) is 4.16. The minimum absolute atomic E-state index is 0.0113. The summed E-state index contributed by atoms with van der Waals surface area (Å²) in [5, 5.41) is 8.51. The lowest BCUT2D eigenvalue weighted by molar-refractivity contribution is -0.118. The summed E-state index contributed by atoms with van der Waals surface area (Å²) in [6, 6.07) is 6.95. The molecule has 1 aliphatic heterocycles. The lowest BCUT2D eigenvalue weighted by Gasteiger charge is -2.22. The molecular formula is C22H26N6O4. The van der Waals surface area contributed by atoms with Crippen molar-refractivity contribution < 1.29 is 19.1 Å². The van der Waals surface area contributed by atoms with Crippen LogP contribution in [0.2, 0.25) is 0 Å². The Balaban J connectivity index is 1.73. The standard InChI is InChI=1S/C22H26N6O4/c1-24-22(31)18-14(11-16(26-20(18)23)27-21(30)12-8-9-12)25-13-5-3-6-15(19(13)32-2)28-10-4-7-17(28)29/h3,5-6,11-12H,4,7-10H2,1-2H3,(H,24,31)(H4,23,25,26,27,30). The quantitative estimate of drug-likeness (QED) is 0.520. The van der Waals surface area contributed by atoms with Crippen LogP contribution in [-0.2, 0) is 9.59 Å². The van der Waals surface area contributed by atoms with E-state index in [1.165, 1.54) is 14.2 Å². The van der Waals surface area contributed by atoms with Crippen LogP contribution >= 0.6 is 0 Å². The van der Waals surface area contributed by atoms with E-state index in [9.17, 15) is 14.4 Å². The molecule has 0 radical (unpaired) electrons. The molecule has 1 saturated heterocycles. The van der Waals surface area contributed by atoms with Gasteiger partial charge >= 0.3 is 0 Å². The maximum atomic E-state index is 12.5. The van der Waals surface area contributed by atoms with Gasteiger partial charge in [0.05, 0.1) is 24.2 Å². The van der Waals surface area contributed by atoms with Crippen molar-refractivity contribution in [1.82, 2.24) is 10.3 Å². The van der Waals surface area contributed by atoms with Gasteiger partial charge in [-0.2, -0.15) is 0 Å². The number of carbonyl (C=O) groups is 3. The Kier molecular flexibility index (Phi) is 5.85. The van der Waals surface area contributed by atoms with E-state index in [1.807, 2.05) is 6.07 Å². The van der Waals surface area contributed by atoms with Gasteiger partial charge in [0.15, 0.2) is 5.75 Å². The minimum Gasteiger partial charge on any atom is -0.492 e. The number of amides is 3. The third-order valence-electron chi connectivity index (χ3n) is 5.53. The van der Waals surface area contributed by atoms with Crippen LogP contribution in [0, 0.1) is 5.92 Å². The van der Waals surface area contributed by atoms with E-state index in [0.29, 0.717) is 35.8 Å². The number of nitrogens with zero attached hydrogens (tertiary/aromatic N) is 2. The number of methoxy groups -OCH3 is 1. The van der Waals surface area contributed by atoms with Gasteiger partial charge in [-0.05, 0) is 31.4 Å². The van der Waals surface area contributed by atoms with Crippen molar-refractivity contribution in [2.24, 2.45) is 5.92 Å². The summed E-state index contributed by atoms with van der Waals surface area (Å²) in [4.78, 5) is 42.9. The molecule has 0 bridgehead atoms. The zero-order chi connectivity index (χ0) is 22.8. The van der Waals surface area contributed by atoms with Gasteiger partial charge in [0.25, 0.3) is 5.91 Å². The van der Waals surface area contributed by atoms with Crippen LogP contribution in [0.15, 0.2) is 24.3 Å². The first-order chi connectivity index (χ1) is 15.4. The van der Waals surface area contributed by atoms with E-state index in [0.717, 1.165) is 19.3 Å². The van der Waals surface area contributed by atoms with Crippen molar-refractivity contribution in [2.75, 3.05) is 42.0 Å². The summed E-state index contributed by atoms with van der Waals surface area (Å²) >= 11 is 0. The molecule has 2 aromatic rings. The maximum absolute atomic E-state index is 12.5. The van der Waals surface area contributed by atoms with E-state index in [-0.39, 0.29) is 34.9 Å². The zero-order valence-electron chi connectivity index (χ0n) is 18.0. The van der Waals surface area contributed by atoms with E-state index >= 15 is 0 Å². The first-order valence-electron chi connectivity index (χ1n) is 10.5. The lowest BCUT2D eigenvalue weighted by Crippen LogP contribution is -2.24. The molecule has 32 heavy (non-hydrogen) atoms. The van der Waals surface area contributed by atoms with Gasteiger partial charge < -0.3 is 31.3 Å². The van der Waals surface area contributed by atoms with Crippen LogP contribution in [0.5, 0.6) is 5.75 Å². The highest BCUT2D eigenvalue weighted by molar-refractivity contribution is 6.06. The van der Waals surface area contributed by atoms with Crippen molar-refractivity contribution >= 4 is 46.4 Å². The highest BCUT2D eigenvalue weighted by Gasteiger charge is 2.30. The lowest BCUT2D eigenvalue weighted by atomic mass is 10.1. The average Bonchev–Trinajstić information content (AvgIpc) is 3.54. The monoisotopic (exact) mass is 438 g/mol. The van der Waals surface area contributed by atoms with Gasteiger partial charge in [0, 0.05) is 32.0 Å². The Bertz CT molecular complexity index is 1080. The van der Waals surface area contributed by atoms with Crippen LogP contribution in [0.25, 0.3) is 0 Å². The second-order valence-electron chi connectivity index (χ2n) is 7.79. The fourth-order valence-electron chi connectivity index (χ4n) is 3.76. The normalized spacial score (nSPS) is 15.4. The Morgan fingerprint density at radius 1 is 1.25 bits per heavy atom. The van der Waals surface area contributed by atoms with Crippen molar-refractivity contribution in [1.29, 1.82) is 0 Å². The Labute approximate surface area is 185 Å². The Hall–Kier alpha value is -3.82. The van der Waals surface area contributed by atoms with Crippen molar-refractivity contribution in [2.45, 2.75) is 25.7 Å². The molecule has 10 heteroatoms. The summed E-state index contributed by atoms with van der Waals surface area (Å²) in [5.74, 6) is 0.159. The number of nitrogens with one attached hydrogen (secondary N) is 3.